The first-order chi connectivity index (χ1) is 21.6. The normalized spacial score (nSPS) is 10.6. The molecule has 0 amide bonds. The Morgan fingerprint density at radius 1 is 0.432 bits per heavy atom. The van der Waals surface area contributed by atoms with Crippen LogP contribution in [0, 0.1) is 45.3 Å². The zero-order valence-electron chi connectivity index (χ0n) is 22.9. The van der Waals surface area contributed by atoms with Crippen LogP contribution in [0.1, 0.15) is 22.3 Å². The lowest BCUT2D eigenvalue weighted by Crippen LogP contribution is -2.00. The number of nitriles is 4. The van der Waals surface area contributed by atoms with Gasteiger partial charge in [-0.1, -0.05) is 54.6 Å². The number of fused-ring (bicyclic) bond motifs is 5. The van der Waals surface area contributed by atoms with Gasteiger partial charge in [-0.15, -0.1) is 0 Å². The summed E-state index contributed by atoms with van der Waals surface area (Å²) in [7, 11) is 0. The monoisotopic (exact) mass is 559 g/mol. The van der Waals surface area contributed by atoms with Crippen LogP contribution in [0.15, 0.2) is 103 Å². The van der Waals surface area contributed by atoms with Crippen molar-refractivity contribution in [3.8, 4) is 58.0 Å². The van der Waals surface area contributed by atoms with Crippen molar-refractivity contribution in [3.05, 3.63) is 125 Å². The molecule has 0 saturated carbocycles. The predicted molar refractivity (Wildman–Crippen MR) is 168 cm³/mol. The molecule has 7 aromatic rings. The smallest absolute Gasteiger partial charge is 0.0999 e. The maximum atomic E-state index is 10.4. The van der Waals surface area contributed by atoms with Crippen molar-refractivity contribution < 1.29 is 0 Å². The van der Waals surface area contributed by atoms with Crippen molar-refractivity contribution in [1.82, 2.24) is 15.0 Å². The van der Waals surface area contributed by atoms with Gasteiger partial charge in [0.1, 0.15) is 0 Å². The van der Waals surface area contributed by atoms with Crippen molar-refractivity contribution >= 4 is 32.7 Å². The summed E-state index contributed by atoms with van der Waals surface area (Å²) >= 11 is 0. The van der Waals surface area contributed by atoms with Gasteiger partial charge in [0.25, 0.3) is 0 Å². The van der Waals surface area contributed by atoms with Crippen molar-refractivity contribution in [2.24, 2.45) is 0 Å². The minimum absolute atomic E-state index is 0.399. The lowest BCUT2D eigenvalue weighted by molar-refractivity contribution is 1.29. The Labute approximate surface area is 251 Å². The average Bonchev–Trinajstić information content (AvgIpc) is 3.10. The number of para-hydroxylation sites is 1. The first-order valence-corrected chi connectivity index (χ1v) is 13.6. The number of hydrogen-bond donors (Lipinski definition) is 0. The molecule has 0 aliphatic carbocycles. The quantitative estimate of drug-likeness (QED) is 0.201. The third kappa shape index (κ3) is 4.23. The molecular formula is C37H17N7. The highest BCUT2D eigenvalue weighted by atomic mass is 14.8. The molecule has 0 bridgehead atoms. The van der Waals surface area contributed by atoms with E-state index in [1.807, 2.05) is 60.7 Å². The van der Waals surface area contributed by atoms with Gasteiger partial charge in [0.2, 0.25) is 0 Å². The van der Waals surface area contributed by atoms with Crippen LogP contribution in [0.2, 0.25) is 0 Å². The molecule has 0 fully saturated rings. The van der Waals surface area contributed by atoms with Gasteiger partial charge in [0, 0.05) is 32.8 Å². The number of pyridine rings is 1. The third-order valence-corrected chi connectivity index (χ3v) is 7.59. The zero-order valence-corrected chi connectivity index (χ0v) is 22.9. The van der Waals surface area contributed by atoms with Crippen LogP contribution in [0.3, 0.4) is 0 Å². The standard InChI is InChI=1S/C37H17N7/c38-18-22-5-11-25(12-6-22)34-32-28(21-41)17-31-37(33(32)29-3-1-2-4-30(29)42-34)44-36(27-15-9-24(20-40)10-16-27)35(43-31)26-13-7-23(19-39)8-14-26/h1-17H. The largest absolute Gasteiger partial charge is 0.247 e. The highest BCUT2D eigenvalue weighted by Gasteiger charge is 2.21. The van der Waals surface area contributed by atoms with Crippen LogP contribution >= 0.6 is 0 Å². The van der Waals surface area contributed by atoms with E-state index in [2.05, 4.69) is 24.3 Å². The first-order valence-electron chi connectivity index (χ1n) is 13.6. The van der Waals surface area contributed by atoms with Crippen molar-refractivity contribution in [2.75, 3.05) is 0 Å². The van der Waals surface area contributed by atoms with E-state index in [1.165, 1.54) is 0 Å². The molecule has 0 saturated heterocycles. The molecule has 7 nitrogen and oxygen atoms in total. The lowest BCUT2D eigenvalue weighted by Gasteiger charge is -2.16. The molecule has 2 heterocycles. The fraction of sp³-hybridized carbons (Fsp3) is 0. The molecule has 5 aromatic carbocycles. The Bertz CT molecular complexity index is 2450. The van der Waals surface area contributed by atoms with Crippen molar-refractivity contribution in [2.45, 2.75) is 0 Å². The SMILES string of the molecule is N#Cc1ccc(-c2nc3cc(C#N)c4c(-c5ccc(C#N)cc5)nc5ccccc5c4c3nc2-c2ccc(C#N)cc2)cc1. The maximum Gasteiger partial charge on any atom is 0.0999 e. The van der Waals surface area contributed by atoms with Crippen LogP contribution in [-0.2, 0) is 0 Å². The fourth-order valence-corrected chi connectivity index (χ4v) is 5.47. The summed E-state index contributed by atoms with van der Waals surface area (Å²) in [6.45, 7) is 0. The third-order valence-electron chi connectivity index (χ3n) is 7.59. The van der Waals surface area contributed by atoms with Gasteiger partial charge in [-0.05, 0) is 48.5 Å². The molecule has 0 atom stereocenters. The average molecular weight is 560 g/mol. The van der Waals surface area contributed by atoms with Crippen LogP contribution in [0.5, 0.6) is 0 Å². The number of benzene rings is 5. The second-order valence-corrected chi connectivity index (χ2v) is 10.1. The maximum absolute atomic E-state index is 10.4. The topological polar surface area (TPSA) is 134 Å². The second-order valence-electron chi connectivity index (χ2n) is 10.1. The molecule has 7 rings (SSSR count). The molecule has 2 aromatic heterocycles. The fourth-order valence-electron chi connectivity index (χ4n) is 5.47. The first kappa shape index (κ1) is 26.0. The summed E-state index contributed by atoms with van der Waals surface area (Å²) in [6, 6.07) is 39.7. The lowest BCUT2D eigenvalue weighted by atomic mass is 9.94. The van der Waals surface area contributed by atoms with Crippen LogP contribution in [-0.4, -0.2) is 15.0 Å². The van der Waals surface area contributed by atoms with E-state index in [0.29, 0.717) is 55.8 Å². The summed E-state index contributed by atoms with van der Waals surface area (Å²) in [4.78, 5) is 15.3. The van der Waals surface area contributed by atoms with Crippen LogP contribution in [0.25, 0.3) is 66.5 Å². The Kier molecular flexibility index (Phi) is 6.19. The van der Waals surface area contributed by atoms with E-state index in [-0.39, 0.29) is 0 Å². The van der Waals surface area contributed by atoms with E-state index < -0.39 is 0 Å². The summed E-state index contributed by atoms with van der Waals surface area (Å²) in [5.41, 5.74) is 7.92. The van der Waals surface area contributed by atoms with Crippen LogP contribution in [0.4, 0.5) is 0 Å². The van der Waals surface area contributed by atoms with E-state index in [9.17, 15) is 21.0 Å². The van der Waals surface area contributed by atoms with E-state index in [4.69, 9.17) is 15.0 Å². The van der Waals surface area contributed by atoms with Gasteiger partial charge in [-0.3, -0.25) is 0 Å². The molecular weight excluding hydrogens is 542 g/mol. The second kappa shape index (κ2) is 10.5. The summed E-state index contributed by atoms with van der Waals surface area (Å²) in [5, 5.41) is 40.7. The summed E-state index contributed by atoms with van der Waals surface area (Å²) in [5.74, 6) is 0. The molecule has 44 heavy (non-hydrogen) atoms. The van der Waals surface area contributed by atoms with E-state index in [0.717, 1.165) is 33.0 Å². The Morgan fingerprint density at radius 2 is 0.909 bits per heavy atom. The van der Waals surface area contributed by atoms with Crippen molar-refractivity contribution in [3.63, 3.8) is 0 Å². The molecule has 0 N–H and O–H groups in total. The van der Waals surface area contributed by atoms with E-state index >= 15 is 0 Å². The summed E-state index contributed by atoms with van der Waals surface area (Å²) < 4.78 is 0. The number of rotatable bonds is 3. The van der Waals surface area contributed by atoms with Gasteiger partial charge in [0.15, 0.2) is 0 Å². The van der Waals surface area contributed by atoms with Crippen LogP contribution < -0.4 is 0 Å². The molecule has 0 unspecified atom stereocenters. The Hall–Kier alpha value is -6.93. The minimum atomic E-state index is 0.399. The Balaban J connectivity index is 1.64. The van der Waals surface area contributed by atoms with Gasteiger partial charge in [-0.2, -0.15) is 21.0 Å². The predicted octanol–water partition coefficient (Wildman–Crippen LogP) is 7.82. The van der Waals surface area contributed by atoms with Gasteiger partial charge < -0.3 is 0 Å². The van der Waals surface area contributed by atoms with Crippen molar-refractivity contribution in [1.29, 1.82) is 21.0 Å². The van der Waals surface area contributed by atoms with Gasteiger partial charge in [-0.25, -0.2) is 15.0 Å². The van der Waals surface area contributed by atoms with Gasteiger partial charge >= 0.3 is 0 Å². The number of aromatic nitrogens is 3. The molecule has 0 spiro atoms. The molecule has 0 aliphatic heterocycles. The Morgan fingerprint density at radius 3 is 1.43 bits per heavy atom. The minimum Gasteiger partial charge on any atom is -0.247 e. The molecule has 0 aliphatic rings. The summed E-state index contributed by atoms with van der Waals surface area (Å²) in [6.07, 6.45) is 0. The highest BCUT2D eigenvalue weighted by molar-refractivity contribution is 6.22. The molecule has 200 valence electrons. The van der Waals surface area contributed by atoms with E-state index in [1.54, 1.807) is 42.5 Å². The molecule has 0 radical (unpaired) electrons. The molecule has 7 heteroatoms. The van der Waals surface area contributed by atoms with Gasteiger partial charge in [0.05, 0.1) is 80.2 Å². The zero-order chi connectivity index (χ0) is 30.2. The number of nitrogens with zero attached hydrogens (tertiary/aromatic N) is 7. The highest BCUT2D eigenvalue weighted by Crippen LogP contribution is 2.40. The number of hydrogen-bond acceptors (Lipinski definition) is 7.